The van der Waals surface area contributed by atoms with Gasteiger partial charge in [-0.05, 0) is 12.5 Å². The van der Waals surface area contributed by atoms with Crippen LogP contribution in [0.1, 0.15) is 13.3 Å². The average molecular weight is 249 g/mol. The lowest BCUT2D eigenvalue weighted by Crippen LogP contribution is -2.51. The molecule has 1 saturated heterocycles. The summed E-state index contributed by atoms with van der Waals surface area (Å²) in [6.07, 6.45) is 2.58. The Hall–Kier alpha value is -2.18. The Morgan fingerprint density at radius 3 is 2.78 bits per heavy atom. The van der Waals surface area contributed by atoms with Gasteiger partial charge in [-0.2, -0.15) is 4.98 Å². The Bertz CT molecular complexity index is 447. The summed E-state index contributed by atoms with van der Waals surface area (Å²) in [6, 6.07) is 1.68. The third-order valence-corrected chi connectivity index (χ3v) is 2.45. The van der Waals surface area contributed by atoms with Gasteiger partial charge in [0.25, 0.3) is 0 Å². The van der Waals surface area contributed by atoms with Crippen LogP contribution in [0.25, 0.3) is 0 Å². The minimum absolute atomic E-state index is 0.135. The van der Waals surface area contributed by atoms with E-state index in [2.05, 4.69) is 20.6 Å². The minimum atomic E-state index is -0.312. The molecule has 7 heteroatoms. The summed E-state index contributed by atoms with van der Waals surface area (Å²) in [4.78, 5) is 32.5. The molecule has 0 saturated carbocycles. The maximum Gasteiger partial charge on any atom is 0.246 e. The Morgan fingerprint density at radius 2 is 2.11 bits per heavy atom. The number of nitrogens with zero attached hydrogens (tertiary/aromatic N) is 3. The van der Waals surface area contributed by atoms with Crippen molar-refractivity contribution >= 4 is 23.6 Å². The van der Waals surface area contributed by atoms with E-state index in [4.69, 9.17) is 0 Å². The Kier molecular flexibility index (Phi) is 3.71. The molecule has 96 valence electrons. The molecule has 2 heterocycles. The predicted octanol–water partition coefficient (Wildman–Crippen LogP) is -0.239. The van der Waals surface area contributed by atoms with Crippen molar-refractivity contribution in [1.82, 2.24) is 15.3 Å². The number of aromatic nitrogens is 2. The number of carbonyl (C=O) groups excluding carboxylic acids is 2. The summed E-state index contributed by atoms with van der Waals surface area (Å²) in [5, 5.41) is 5.31. The number of amides is 2. The minimum Gasteiger partial charge on any atom is -0.354 e. The lowest BCUT2D eigenvalue weighted by molar-refractivity contribution is -0.130. The fourth-order valence-corrected chi connectivity index (χ4v) is 1.65. The zero-order valence-corrected chi connectivity index (χ0v) is 10.1. The van der Waals surface area contributed by atoms with Crippen LogP contribution in [-0.4, -0.2) is 41.4 Å². The SMILES string of the molecule is CCCNc1nccc(N2CC(=O)NC(=O)C2)n1. The fraction of sp³-hybridized carbons (Fsp3) is 0.455. The Balaban J connectivity index is 2.12. The predicted molar refractivity (Wildman–Crippen MR) is 66.2 cm³/mol. The summed E-state index contributed by atoms with van der Waals surface area (Å²) >= 11 is 0. The molecule has 2 N–H and O–H groups in total. The second kappa shape index (κ2) is 5.44. The van der Waals surface area contributed by atoms with Crippen LogP contribution in [0, 0.1) is 0 Å². The van der Waals surface area contributed by atoms with Gasteiger partial charge >= 0.3 is 0 Å². The molecule has 1 aliphatic rings. The first-order valence-electron chi connectivity index (χ1n) is 5.83. The summed E-state index contributed by atoms with van der Waals surface area (Å²) in [5.74, 6) is 0.459. The van der Waals surface area contributed by atoms with Crippen molar-refractivity contribution < 1.29 is 9.59 Å². The van der Waals surface area contributed by atoms with E-state index in [1.54, 1.807) is 17.2 Å². The normalized spacial score (nSPS) is 15.5. The largest absolute Gasteiger partial charge is 0.354 e. The molecular formula is C11H15N5O2. The first kappa shape index (κ1) is 12.3. The smallest absolute Gasteiger partial charge is 0.246 e. The Labute approximate surface area is 105 Å². The molecule has 0 bridgehead atoms. The first-order valence-corrected chi connectivity index (χ1v) is 5.83. The van der Waals surface area contributed by atoms with Gasteiger partial charge in [-0.1, -0.05) is 6.92 Å². The van der Waals surface area contributed by atoms with Gasteiger partial charge in [0.05, 0.1) is 13.1 Å². The van der Waals surface area contributed by atoms with Gasteiger partial charge in [0, 0.05) is 12.7 Å². The van der Waals surface area contributed by atoms with E-state index >= 15 is 0 Å². The monoisotopic (exact) mass is 249 g/mol. The van der Waals surface area contributed by atoms with Gasteiger partial charge in [-0.25, -0.2) is 4.98 Å². The third-order valence-electron chi connectivity index (χ3n) is 2.45. The van der Waals surface area contributed by atoms with E-state index in [1.165, 1.54) is 0 Å². The molecule has 0 aliphatic carbocycles. The van der Waals surface area contributed by atoms with Crippen molar-refractivity contribution in [2.45, 2.75) is 13.3 Å². The molecule has 0 spiro atoms. The summed E-state index contributed by atoms with van der Waals surface area (Å²) in [5.41, 5.74) is 0. The lowest BCUT2D eigenvalue weighted by Gasteiger charge is -2.26. The second-order valence-corrected chi connectivity index (χ2v) is 3.99. The van der Waals surface area contributed by atoms with Crippen LogP contribution in [0.4, 0.5) is 11.8 Å². The molecule has 1 fully saturated rings. The second-order valence-electron chi connectivity index (χ2n) is 3.99. The standard InChI is InChI=1S/C11H15N5O2/c1-2-4-12-11-13-5-3-8(14-11)16-6-9(17)15-10(18)7-16/h3,5H,2,4,6-7H2,1H3,(H,12,13,14)(H,15,17,18). The van der Waals surface area contributed by atoms with E-state index in [-0.39, 0.29) is 24.9 Å². The highest BCUT2D eigenvalue weighted by Gasteiger charge is 2.23. The molecule has 1 aromatic rings. The number of rotatable bonds is 4. The molecule has 1 aliphatic heterocycles. The van der Waals surface area contributed by atoms with Crippen LogP contribution >= 0.6 is 0 Å². The van der Waals surface area contributed by atoms with Gasteiger partial charge in [-0.15, -0.1) is 0 Å². The van der Waals surface area contributed by atoms with Crippen LogP contribution in [0.3, 0.4) is 0 Å². The number of anilines is 2. The molecule has 18 heavy (non-hydrogen) atoms. The fourth-order valence-electron chi connectivity index (χ4n) is 1.65. The van der Waals surface area contributed by atoms with Gasteiger partial charge in [0.2, 0.25) is 17.8 Å². The van der Waals surface area contributed by atoms with E-state index in [0.29, 0.717) is 11.8 Å². The van der Waals surface area contributed by atoms with Gasteiger partial charge < -0.3 is 10.2 Å². The van der Waals surface area contributed by atoms with Crippen molar-refractivity contribution in [3.63, 3.8) is 0 Å². The first-order chi connectivity index (χ1) is 8.69. The molecule has 0 unspecified atom stereocenters. The molecule has 2 amide bonds. The third kappa shape index (κ3) is 2.93. The molecular weight excluding hydrogens is 234 g/mol. The van der Waals surface area contributed by atoms with Crippen LogP contribution in [0.5, 0.6) is 0 Å². The summed E-state index contributed by atoms with van der Waals surface area (Å²) in [7, 11) is 0. The molecule has 1 aromatic heterocycles. The molecule has 0 atom stereocenters. The maximum atomic E-state index is 11.3. The number of imide groups is 1. The highest BCUT2D eigenvalue weighted by molar-refractivity contribution is 6.02. The van der Waals surface area contributed by atoms with Crippen molar-refractivity contribution in [1.29, 1.82) is 0 Å². The van der Waals surface area contributed by atoms with E-state index in [9.17, 15) is 9.59 Å². The van der Waals surface area contributed by atoms with Crippen molar-refractivity contribution in [2.24, 2.45) is 0 Å². The highest BCUT2D eigenvalue weighted by Crippen LogP contribution is 2.13. The van der Waals surface area contributed by atoms with Crippen LogP contribution in [-0.2, 0) is 9.59 Å². The van der Waals surface area contributed by atoms with Crippen LogP contribution < -0.4 is 15.5 Å². The molecule has 2 rings (SSSR count). The zero-order valence-electron chi connectivity index (χ0n) is 10.1. The van der Waals surface area contributed by atoms with Gasteiger partial charge in [0.15, 0.2) is 0 Å². The van der Waals surface area contributed by atoms with Crippen molar-refractivity contribution in [3.8, 4) is 0 Å². The average Bonchev–Trinajstić information content (AvgIpc) is 2.35. The summed E-state index contributed by atoms with van der Waals surface area (Å²) in [6.45, 7) is 3.10. The number of hydrogen-bond acceptors (Lipinski definition) is 6. The van der Waals surface area contributed by atoms with Crippen LogP contribution in [0.2, 0.25) is 0 Å². The van der Waals surface area contributed by atoms with E-state index < -0.39 is 0 Å². The molecule has 0 aromatic carbocycles. The van der Waals surface area contributed by atoms with Crippen molar-refractivity contribution in [2.75, 3.05) is 29.9 Å². The number of hydrogen-bond donors (Lipinski definition) is 2. The van der Waals surface area contributed by atoms with E-state index in [1.807, 2.05) is 6.92 Å². The maximum absolute atomic E-state index is 11.3. The van der Waals surface area contributed by atoms with Gasteiger partial charge in [0.1, 0.15) is 5.82 Å². The lowest BCUT2D eigenvalue weighted by atomic mass is 10.3. The number of nitrogens with one attached hydrogen (secondary N) is 2. The topological polar surface area (TPSA) is 87.2 Å². The van der Waals surface area contributed by atoms with Crippen LogP contribution in [0.15, 0.2) is 12.3 Å². The van der Waals surface area contributed by atoms with E-state index in [0.717, 1.165) is 13.0 Å². The zero-order chi connectivity index (χ0) is 13.0. The highest BCUT2D eigenvalue weighted by atomic mass is 16.2. The number of carbonyl (C=O) groups is 2. The van der Waals surface area contributed by atoms with Crippen molar-refractivity contribution in [3.05, 3.63) is 12.3 Å². The Morgan fingerprint density at radius 1 is 1.39 bits per heavy atom. The quantitative estimate of drug-likeness (QED) is 0.716. The van der Waals surface area contributed by atoms with Gasteiger partial charge in [-0.3, -0.25) is 14.9 Å². The molecule has 0 radical (unpaired) electrons. The number of piperazine rings is 1. The summed E-state index contributed by atoms with van der Waals surface area (Å²) < 4.78 is 0. The molecule has 7 nitrogen and oxygen atoms in total.